The maximum Gasteiger partial charge on any atom is 0.231 e. The van der Waals surface area contributed by atoms with Gasteiger partial charge in [0, 0.05) is 37.4 Å². The molecule has 2 saturated heterocycles. The summed E-state index contributed by atoms with van der Waals surface area (Å²) in [5.41, 5.74) is 2.29. The first-order chi connectivity index (χ1) is 13.6. The van der Waals surface area contributed by atoms with Crippen LogP contribution in [-0.4, -0.2) is 31.4 Å². The third-order valence-corrected chi connectivity index (χ3v) is 5.43. The van der Waals surface area contributed by atoms with E-state index in [0.717, 1.165) is 36.0 Å². The molecular weight excluding hydrogens is 350 g/mol. The predicted octanol–water partition coefficient (Wildman–Crippen LogP) is 4.71. The Morgan fingerprint density at radius 1 is 1.29 bits per heavy atom. The van der Waals surface area contributed by atoms with Crippen LogP contribution in [0, 0.1) is 5.92 Å². The molecule has 3 rings (SSSR count). The number of hydrogen-bond acceptors (Lipinski definition) is 5. The smallest absolute Gasteiger partial charge is 0.231 e. The first-order valence-electron chi connectivity index (χ1n) is 10.4. The molecule has 1 aromatic heterocycles. The molecule has 0 spiro atoms. The van der Waals surface area contributed by atoms with Crippen LogP contribution in [0.1, 0.15) is 51.6 Å². The number of rotatable bonds is 7. The van der Waals surface area contributed by atoms with Gasteiger partial charge >= 0.3 is 0 Å². The Morgan fingerprint density at radius 2 is 2.07 bits per heavy atom. The topological polar surface area (TPSA) is 46.6 Å². The molecule has 1 N–H and O–H groups in total. The molecule has 5 heteroatoms. The summed E-state index contributed by atoms with van der Waals surface area (Å²) in [7, 11) is 0. The maximum absolute atomic E-state index is 5.67. The molecule has 0 bridgehead atoms. The van der Waals surface area contributed by atoms with Crippen molar-refractivity contribution >= 4 is 5.82 Å². The van der Waals surface area contributed by atoms with E-state index >= 15 is 0 Å². The van der Waals surface area contributed by atoms with Gasteiger partial charge in [-0.15, -0.1) is 0 Å². The molecule has 3 heterocycles. The molecule has 2 aliphatic heterocycles. The van der Waals surface area contributed by atoms with Crippen LogP contribution in [0.25, 0.3) is 0 Å². The van der Waals surface area contributed by atoms with Crippen LogP contribution in [0.2, 0.25) is 0 Å². The van der Waals surface area contributed by atoms with Crippen LogP contribution in [0.4, 0.5) is 5.82 Å². The molecule has 28 heavy (non-hydrogen) atoms. The van der Waals surface area contributed by atoms with Gasteiger partial charge in [0.25, 0.3) is 0 Å². The van der Waals surface area contributed by atoms with Gasteiger partial charge in [0.1, 0.15) is 5.82 Å². The van der Waals surface area contributed by atoms with E-state index in [9.17, 15) is 0 Å². The summed E-state index contributed by atoms with van der Waals surface area (Å²) in [4.78, 5) is 7.04. The Balaban J connectivity index is 1.77. The van der Waals surface area contributed by atoms with Crippen LogP contribution in [0.3, 0.4) is 0 Å². The average molecular weight is 384 g/mol. The van der Waals surface area contributed by atoms with E-state index in [1.807, 2.05) is 25.3 Å². The lowest BCUT2D eigenvalue weighted by Crippen LogP contribution is -2.31. The average Bonchev–Trinajstić information content (AvgIpc) is 3.20. The standard InChI is InChI=1S/C23H33N3O2/c1-5-18(23-20(6-2)27-16-28-23)15-25-22(17(3)4)19-10-11-24-21(14-19)26-12-8-7-9-13-26/h5-6,10-11,14,17,22,25H,1,7-9,12-13,15-16H2,2-4H3/b20-6+,23-18-. The second kappa shape index (κ2) is 9.78. The molecule has 2 aliphatic rings. The Labute approximate surface area is 169 Å². The van der Waals surface area contributed by atoms with E-state index in [1.54, 1.807) is 0 Å². The highest BCUT2D eigenvalue weighted by Crippen LogP contribution is 2.28. The number of nitrogens with one attached hydrogen (secondary N) is 1. The molecule has 0 saturated carbocycles. The van der Waals surface area contributed by atoms with Crippen molar-refractivity contribution in [2.24, 2.45) is 5.92 Å². The first kappa shape index (κ1) is 20.5. The number of hydrogen-bond donors (Lipinski definition) is 1. The zero-order valence-electron chi connectivity index (χ0n) is 17.4. The number of pyridine rings is 1. The molecular formula is C23H33N3O2. The van der Waals surface area contributed by atoms with Gasteiger partial charge in [0.15, 0.2) is 11.5 Å². The van der Waals surface area contributed by atoms with Crippen LogP contribution < -0.4 is 10.2 Å². The van der Waals surface area contributed by atoms with Gasteiger partial charge in [-0.25, -0.2) is 4.98 Å². The zero-order valence-corrected chi connectivity index (χ0v) is 17.4. The van der Waals surface area contributed by atoms with Crippen molar-refractivity contribution in [2.45, 2.75) is 46.1 Å². The summed E-state index contributed by atoms with van der Waals surface area (Å²) >= 11 is 0. The molecule has 152 valence electrons. The Kier molecular flexibility index (Phi) is 7.15. The highest BCUT2D eigenvalue weighted by Gasteiger charge is 2.22. The fourth-order valence-corrected chi connectivity index (χ4v) is 3.88. The summed E-state index contributed by atoms with van der Waals surface area (Å²) < 4.78 is 11.2. The van der Waals surface area contributed by atoms with Gasteiger partial charge in [0.2, 0.25) is 6.79 Å². The Bertz CT molecular complexity index is 733. The molecule has 0 radical (unpaired) electrons. The van der Waals surface area contributed by atoms with Gasteiger partial charge in [-0.05, 0) is 55.9 Å². The van der Waals surface area contributed by atoms with Crippen molar-refractivity contribution in [3.63, 3.8) is 0 Å². The van der Waals surface area contributed by atoms with Gasteiger partial charge < -0.3 is 19.7 Å². The van der Waals surface area contributed by atoms with E-state index in [-0.39, 0.29) is 12.8 Å². The van der Waals surface area contributed by atoms with Crippen molar-refractivity contribution in [1.29, 1.82) is 0 Å². The number of anilines is 1. The summed E-state index contributed by atoms with van der Waals surface area (Å²) in [6.45, 7) is 13.5. The quantitative estimate of drug-likeness (QED) is 0.739. The van der Waals surface area contributed by atoms with Crippen molar-refractivity contribution < 1.29 is 9.47 Å². The number of aromatic nitrogens is 1. The van der Waals surface area contributed by atoms with Gasteiger partial charge in [-0.1, -0.05) is 26.5 Å². The van der Waals surface area contributed by atoms with Crippen LogP contribution >= 0.6 is 0 Å². The van der Waals surface area contributed by atoms with Crippen molar-refractivity contribution in [2.75, 3.05) is 31.3 Å². The summed E-state index contributed by atoms with van der Waals surface area (Å²) in [5.74, 6) is 3.11. The molecule has 1 atom stereocenters. The van der Waals surface area contributed by atoms with Crippen LogP contribution in [-0.2, 0) is 9.47 Å². The minimum Gasteiger partial charge on any atom is -0.454 e. The Hall–Kier alpha value is -2.27. The van der Waals surface area contributed by atoms with Gasteiger partial charge in [-0.3, -0.25) is 0 Å². The number of allylic oxidation sites excluding steroid dienone is 1. The number of nitrogens with zero attached hydrogens (tertiary/aromatic N) is 2. The largest absolute Gasteiger partial charge is 0.454 e. The van der Waals surface area contributed by atoms with E-state index in [2.05, 4.69) is 47.8 Å². The van der Waals surface area contributed by atoms with E-state index in [1.165, 1.54) is 24.8 Å². The van der Waals surface area contributed by atoms with Crippen molar-refractivity contribution in [1.82, 2.24) is 10.3 Å². The summed E-state index contributed by atoms with van der Waals surface area (Å²) in [6.07, 6.45) is 9.55. The van der Waals surface area contributed by atoms with Crippen LogP contribution in [0.15, 0.2) is 54.2 Å². The second-order valence-corrected chi connectivity index (χ2v) is 7.72. The third-order valence-electron chi connectivity index (χ3n) is 5.43. The Morgan fingerprint density at radius 3 is 2.75 bits per heavy atom. The molecule has 0 amide bonds. The monoisotopic (exact) mass is 383 g/mol. The highest BCUT2D eigenvalue weighted by molar-refractivity contribution is 5.42. The fraction of sp³-hybridized carbons (Fsp3) is 0.522. The lowest BCUT2D eigenvalue weighted by atomic mass is 9.96. The number of ether oxygens (including phenoxy) is 2. The second-order valence-electron chi connectivity index (χ2n) is 7.72. The molecule has 0 aliphatic carbocycles. The van der Waals surface area contributed by atoms with Gasteiger partial charge in [0.05, 0.1) is 0 Å². The van der Waals surface area contributed by atoms with Crippen LogP contribution in [0.5, 0.6) is 0 Å². The van der Waals surface area contributed by atoms with E-state index < -0.39 is 0 Å². The lowest BCUT2D eigenvalue weighted by Gasteiger charge is -2.29. The minimum absolute atomic E-state index is 0.221. The normalized spacial score (nSPS) is 21.4. The third kappa shape index (κ3) is 4.76. The predicted molar refractivity (Wildman–Crippen MR) is 114 cm³/mol. The maximum atomic E-state index is 5.67. The minimum atomic E-state index is 0.221. The number of piperidine rings is 1. The summed E-state index contributed by atoms with van der Waals surface area (Å²) in [5, 5.41) is 3.70. The van der Waals surface area contributed by atoms with Crippen molar-refractivity contribution in [3.05, 3.63) is 59.7 Å². The van der Waals surface area contributed by atoms with Crippen molar-refractivity contribution in [3.8, 4) is 0 Å². The first-order valence-corrected chi connectivity index (χ1v) is 10.4. The SMILES string of the molecule is C=C/C(CNC(c1ccnc(N2CCCCC2)c1)C(C)C)=C1/OCO/C1=C/C. The van der Waals surface area contributed by atoms with Gasteiger partial charge in [-0.2, -0.15) is 0 Å². The molecule has 5 nitrogen and oxygen atoms in total. The van der Waals surface area contributed by atoms with E-state index in [4.69, 9.17) is 9.47 Å². The zero-order chi connectivity index (χ0) is 19.9. The molecule has 1 unspecified atom stereocenters. The molecule has 0 aromatic carbocycles. The highest BCUT2D eigenvalue weighted by atomic mass is 16.7. The molecule has 2 fully saturated rings. The molecule has 1 aromatic rings. The lowest BCUT2D eigenvalue weighted by molar-refractivity contribution is 0.0969. The fourth-order valence-electron chi connectivity index (χ4n) is 3.88. The summed E-state index contributed by atoms with van der Waals surface area (Å²) in [6, 6.07) is 4.59. The van der Waals surface area contributed by atoms with E-state index in [0.29, 0.717) is 12.5 Å².